The fraction of sp³-hybridized carbons (Fsp3) is 0.136. The molecule has 2 heterocycles. The molecule has 2 unspecified atom stereocenters. The molecule has 5 heteroatoms. The van der Waals surface area contributed by atoms with Crippen LogP contribution >= 0.6 is 31.9 Å². The van der Waals surface area contributed by atoms with Crippen molar-refractivity contribution >= 4 is 37.6 Å². The zero-order valence-corrected chi connectivity index (χ0v) is 17.5. The van der Waals surface area contributed by atoms with Crippen molar-refractivity contribution < 1.29 is 4.74 Å². The highest BCUT2D eigenvalue weighted by atomic mass is 79.9. The summed E-state index contributed by atoms with van der Waals surface area (Å²) in [6.07, 6.45) is 0.595. The largest absolute Gasteiger partial charge is 0.464 e. The maximum Gasteiger partial charge on any atom is 0.214 e. The van der Waals surface area contributed by atoms with Gasteiger partial charge in [-0.05, 0) is 29.8 Å². The van der Waals surface area contributed by atoms with E-state index >= 15 is 0 Å². The van der Waals surface area contributed by atoms with Gasteiger partial charge in [0.15, 0.2) is 0 Å². The molecule has 27 heavy (non-hydrogen) atoms. The molecular weight excluding hydrogens is 468 g/mol. The van der Waals surface area contributed by atoms with Gasteiger partial charge in [-0.25, -0.2) is 5.01 Å². The smallest absolute Gasteiger partial charge is 0.214 e. The Labute approximate surface area is 174 Å². The van der Waals surface area contributed by atoms with Crippen molar-refractivity contribution in [1.82, 2.24) is 5.01 Å². The number of hydrogen-bond donors (Lipinski definition) is 0. The molecule has 2 aliphatic heterocycles. The highest BCUT2D eigenvalue weighted by Crippen LogP contribution is 2.49. The zero-order chi connectivity index (χ0) is 18.4. The van der Waals surface area contributed by atoms with Crippen molar-refractivity contribution in [3.8, 4) is 5.75 Å². The molecule has 0 fully saturated rings. The first-order valence-electron chi connectivity index (χ1n) is 8.82. The lowest BCUT2D eigenvalue weighted by molar-refractivity contribution is -0.0195. The van der Waals surface area contributed by atoms with E-state index in [1.165, 1.54) is 5.56 Å². The maximum atomic E-state index is 6.42. The lowest BCUT2D eigenvalue weighted by Gasteiger charge is -2.38. The van der Waals surface area contributed by atoms with Gasteiger partial charge in [-0.2, -0.15) is 5.10 Å². The Kier molecular flexibility index (Phi) is 4.29. The quantitative estimate of drug-likeness (QED) is 0.418. The van der Waals surface area contributed by atoms with Crippen LogP contribution in [0.25, 0.3) is 0 Å². The van der Waals surface area contributed by atoms with E-state index in [1.807, 2.05) is 36.4 Å². The summed E-state index contributed by atoms with van der Waals surface area (Å²) >= 11 is 7.28. The highest BCUT2D eigenvalue weighted by molar-refractivity contribution is 9.10. The molecule has 0 saturated carbocycles. The van der Waals surface area contributed by atoms with Gasteiger partial charge in [-0.15, -0.1) is 0 Å². The SMILES string of the molecule is Brc1ccc2c(c1)C1CC(c3ccccc3)=NN1C(c1ccccc1Br)O2. The summed E-state index contributed by atoms with van der Waals surface area (Å²) in [7, 11) is 0. The average Bonchev–Trinajstić information content (AvgIpc) is 3.15. The number of fused-ring (bicyclic) bond motifs is 3. The third kappa shape index (κ3) is 2.99. The fourth-order valence-electron chi connectivity index (χ4n) is 3.74. The van der Waals surface area contributed by atoms with Gasteiger partial charge in [-0.1, -0.05) is 80.4 Å². The molecule has 3 nitrogen and oxygen atoms in total. The second kappa shape index (κ2) is 6.80. The van der Waals surface area contributed by atoms with Gasteiger partial charge >= 0.3 is 0 Å². The van der Waals surface area contributed by atoms with E-state index in [2.05, 4.69) is 73.3 Å². The number of halogens is 2. The Morgan fingerprint density at radius 3 is 2.48 bits per heavy atom. The van der Waals surface area contributed by atoms with Gasteiger partial charge in [0.05, 0.1) is 11.8 Å². The predicted molar refractivity (Wildman–Crippen MR) is 114 cm³/mol. The Morgan fingerprint density at radius 1 is 0.889 bits per heavy atom. The highest BCUT2D eigenvalue weighted by Gasteiger charge is 2.41. The van der Waals surface area contributed by atoms with Gasteiger partial charge < -0.3 is 4.74 Å². The molecule has 3 aromatic rings. The van der Waals surface area contributed by atoms with Gasteiger partial charge in [0, 0.05) is 26.5 Å². The van der Waals surface area contributed by atoms with Crippen molar-refractivity contribution in [3.63, 3.8) is 0 Å². The second-order valence-electron chi connectivity index (χ2n) is 6.69. The summed E-state index contributed by atoms with van der Waals surface area (Å²) < 4.78 is 8.50. The predicted octanol–water partition coefficient (Wildman–Crippen LogP) is 6.45. The van der Waals surface area contributed by atoms with Gasteiger partial charge in [-0.3, -0.25) is 0 Å². The van der Waals surface area contributed by atoms with Crippen LogP contribution in [-0.2, 0) is 0 Å². The molecule has 0 radical (unpaired) electrons. The van der Waals surface area contributed by atoms with Crippen LogP contribution in [0.3, 0.4) is 0 Å². The second-order valence-corrected chi connectivity index (χ2v) is 8.46. The third-order valence-corrected chi connectivity index (χ3v) is 6.25. The summed E-state index contributed by atoms with van der Waals surface area (Å²) in [5.41, 5.74) is 4.50. The van der Waals surface area contributed by atoms with E-state index in [0.29, 0.717) is 0 Å². The van der Waals surface area contributed by atoms with E-state index in [0.717, 1.165) is 38.0 Å². The van der Waals surface area contributed by atoms with Crippen LogP contribution in [-0.4, -0.2) is 10.7 Å². The lowest BCUT2D eigenvalue weighted by atomic mass is 9.96. The number of ether oxygens (including phenoxy) is 1. The van der Waals surface area contributed by atoms with Crippen LogP contribution in [0.4, 0.5) is 0 Å². The van der Waals surface area contributed by atoms with Crippen LogP contribution in [0, 0.1) is 0 Å². The Morgan fingerprint density at radius 2 is 1.67 bits per heavy atom. The molecule has 0 N–H and O–H groups in total. The third-order valence-electron chi connectivity index (χ3n) is 5.03. The number of nitrogens with zero attached hydrogens (tertiary/aromatic N) is 2. The van der Waals surface area contributed by atoms with E-state index < -0.39 is 0 Å². The Hall–Kier alpha value is -2.11. The number of hydrazone groups is 1. The van der Waals surface area contributed by atoms with Crippen LogP contribution < -0.4 is 4.74 Å². The maximum absolute atomic E-state index is 6.42. The summed E-state index contributed by atoms with van der Waals surface area (Å²) in [4.78, 5) is 0. The van der Waals surface area contributed by atoms with E-state index in [-0.39, 0.29) is 12.3 Å². The van der Waals surface area contributed by atoms with Crippen LogP contribution in [0.1, 0.15) is 35.4 Å². The van der Waals surface area contributed by atoms with Crippen molar-refractivity contribution in [2.45, 2.75) is 18.7 Å². The molecule has 0 bridgehead atoms. The molecule has 0 aromatic heterocycles. The molecule has 2 aliphatic rings. The van der Waals surface area contributed by atoms with Crippen LogP contribution in [0.15, 0.2) is 86.8 Å². The number of hydrogen-bond acceptors (Lipinski definition) is 3. The minimum Gasteiger partial charge on any atom is -0.464 e. The van der Waals surface area contributed by atoms with Crippen molar-refractivity contribution in [2.75, 3.05) is 0 Å². The van der Waals surface area contributed by atoms with Crippen molar-refractivity contribution in [1.29, 1.82) is 0 Å². The average molecular weight is 484 g/mol. The fourth-order valence-corrected chi connectivity index (χ4v) is 4.60. The minimum absolute atomic E-state index is 0.151. The summed E-state index contributed by atoms with van der Waals surface area (Å²) in [5, 5.41) is 7.10. The van der Waals surface area contributed by atoms with E-state index in [4.69, 9.17) is 9.84 Å². The topological polar surface area (TPSA) is 24.8 Å². The van der Waals surface area contributed by atoms with E-state index in [1.54, 1.807) is 0 Å². The molecule has 3 aromatic carbocycles. The monoisotopic (exact) mass is 482 g/mol. The standard InChI is InChI=1S/C22H16Br2N2O/c23-15-10-11-21-17(12-15)20-13-19(14-6-2-1-3-7-14)25-26(20)22(27-21)16-8-4-5-9-18(16)24/h1-12,20,22H,13H2. The zero-order valence-electron chi connectivity index (χ0n) is 14.3. The van der Waals surface area contributed by atoms with Crippen molar-refractivity contribution in [3.05, 3.63) is 98.4 Å². The number of benzene rings is 3. The molecule has 5 rings (SSSR count). The summed E-state index contributed by atoms with van der Waals surface area (Å²) in [6.45, 7) is 0. The van der Waals surface area contributed by atoms with Crippen LogP contribution in [0.2, 0.25) is 0 Å². The Balaban J connectivity index is 1.64. The molecule has 2 atom stereocenters. The van der Waals surface area contributed by atoms with Gasteiger partial charge in [0.25, 0.3) is 0 Å². The molecule has 134 valence electrons. The molecular formula is C22H16Br2N2O. The first kappa shape index (κ1) is 17.0. The Bertz CT molecular complexity index is 1040. The lowest BCUT2D eigenvalue weighted by Crippen LogP contribution is -2.33. The normalized spacial score (nSPS) is 20.5. The molecule has 0 saturated heterocycles. The van der Waals surface area contributed by atoms with E-state index in [9.17, 15) is 0 Å². The minimum atomic E-state index is -0.263. The van der Waals surface area contributed by atoms with Gasteiger partial charge in [0.2, 0.25) is 6.23 Å². The van der Waals surface area contributed by atoms with Crippen molar-refractivity contribution in [2.24, 2.45) is 5.10 Å². The van der Waals surface area contributed by atoms with Gasteiger partial charge in [0.1, 0.15) is 5.75 Å². The van der Waals surface area contributed by atoms with Crippen LogP contribution in [0.5, 0.6) is 5.75 Å². The number of rotatable bonds is 2. The summed E-state index contributed by atoms with van der Waals surface area (Å²) in [6, 6.07) is 24.9. The molecule has 0 aliphatic carbocycles. The first-order valence-corrected chi connectivity index (χ1v) is 10.4. The molecule has 0 amide bonds. The first-order chi connectivity index (χ1) is 13.2. The molecule has 0 spiro atoms. The summed E-state index contributed by atoms with van der Waals surface area (Å²) in [5.74, 6) is 0.921.